The summed E-state index contributed by atoms with van der Waals surface area (Å²) >= 11 is 0. The minimum Gasteiger partial charge on any atom is -0.478 e. The maximum atomic E-state index is 12.2. The Labute approximate surface area is 178 Å². The number of furan rings is 1. The summed E-state index contributed by atoms with van der Waals surface area (Å²) in [7, 11) is 0. The average Bonchev–Trinajstić information content (AvgIpc) is 3.54. The Morgan fingerprint density at radius 3 is 2.26 bits per heavy atom. The van der Waals surface area contributed by atoms with Crippen molar-refractivity contribution in [2.24, 2.45) is 0 Å². The highest BCUT2D eigenvalue weighted by Gasteiger charge is 2.30. The number of para-hydroxylation sites is 1. The number of aromatic carboxylic acids is 1. The molecule has 1 heterocycles. The third-order valence-corrected chi connectivity index (χ3v) is 5.57. The predicted octanol–water partition coefficient (Wildman–Crippen LogP) is 6.67. The van der Waals surface area contributed by atoms with Gasteiger partial charge in [0.1, 0.15) is 28.4 Å². The molecule has 1 aliphatic rings. The van der Waals surface area contributed by atoms with E-state index in [-0.39, 0.29) is 17.1 Å². The molecular formula is C26H20O5. The summed E-state index contributed by atoms with van der Waals surface area (Å²) < 4.78 is 11.8. The molecule has 0 bridgehead atoms. The molecule has 0 amide bonds. The van der Waals surface area contributed by atoms with E-state index < -0.39 is 5.97 Å². The highest BCUT2D eigenvalue weighted by atomic mass is 16.5. The van der Waals surface area contributed by atoms with Crippen LogP contribution >= 0.6 is 0 Å². The summed E-state index contributed by atoms with van der Waals surface area (Å²) in [5, 5.41) is 10.5. The number of carboxylic acid groups (broad SMARTS) is 1. The van der Waals surface area contributed by atoms with Crippen LogP contribution in [-0.4, -0.2) is 16.9 Å². The van der Waals surface area contributed by atoms with Gasteiger partial charge in [0.15, 0.2) is 5.78 Å². The molecule has 1 saturated carbocycles. The number of Topliss-reactive ketones (excluding diaryl/α,β-unsaturated/α-hetero) is 1. The minimum absolute atomic E-state index is 0.0407. The van der Waals surface area contributed by atoms with E-state index in [0.29, 0.717) is 33.8 Å². The van der Waals surface area contributed by atoms with Crippen LogP contribution in [0.1, 0.15) is 52.0 Å². The lowest BCUT2D eigenvalue weighted by Gasteiger charge is -2.06. The Hall–Kier alpha value is -3.86. The van der Waals surface area contributed by atoms with E-state index in [4.69, 9.17) is 9.15 Å². The van der Waals surface area contributed by atoms with Gasteiger partial charge in [0, 0.05) is 16.5 Å². The molecule has 1 fully saturated rings. The lowest BCUT2D eigenvalue weighted by molar-refractivity contribution is 0.0699. The zero-order valence-corrected chi connectivity index (χ0v) is 16.9. The first-order valence-corrected chi connectivity index (χ1v) is 10.2. The van der Waals surface area contributed by atoms with Crippen molar-refractivity contribution in [2.75, 3.05) is 0 Å². The summed E-state index contributed by atoms with van der Waals surface area (Å²) in [6, 6.07) is 20.0. The van der Waals surface area contributed by atoms with Gasteiger partial charge in [-0.25, -0.2) is 4.79 Å². The van der Waals surface area contributed by atoms with Crippen molar-refractivity contribution in [3.05, 3.63) is 83.4 Å². The van der Waals surface area contributed by atoms with E-state index in [1.807, 2.05) is 36.4 Å². The van der Waals surface area contributed by atoms with Crippen molar-refractivity contribution in [1.29, 1.82) is 0 Å². The number of rotatable bonds is 6. The fourth-order valence-corrected chi connectivity index (χ4v) is 3.91. The Morgan fingerprint density at radius 2 is 1.65 bits per heavy atom. The van der Waals surface area contributed by atoms with Crippen molar-refractivity contribution in [2.45, 2.75) is 25.7 Å². The van der Waals surface area contributed by atoms with Crippen LogP contribution in [-0.2, 0) is 0 Å². The number of hydrogen-bond acceptors (Lipinski definition) is 4. The van der Waals surface area contributed by atoms with Gasteiger partial charge in [0.05, 0.1) is 0 Å². The first-order chi connectivity index (χ1) is 15.0. The molecule has 0 atom stereocenters. The summed E-state index contributed by atoms with van der Waals surface area (Å²) in [6.07, 6.45) is 2.03. The monoisotopic (exact) mass is 412 g/mol. The van der Waals surface area contributed by atoms with Crippen LogP contribution in [0.3, 0.4) is 0 Å². The van der Waals surface area contributed by atoms with E-state index in [1.54, 1.807) is 30.3 Å². The van der Waals surface area contributed by atoms with E-state index in [2.05, 4.69) is 0 Å². The second kappa shape index (κ2) is 7.43. The molecular weight excluding hydrogens is 392 g/mol. The Bertz CT molecular complexity index is 1300. The zero-order chi connectivity index (χ0) is 21.5. The summed E-state index contributed by atoms with van der Waals surface area (Å²) in [4.78, 5) is 24.3. The molecule has 0 aliphatic heterocycles. The topological polar surface area (TPSA) is 76.7 Å². The van der Waals surface area contributed by atoms with E-state index in [9.17, 15) is 14.7 Å². The highest BCUT2D eigenvalue weighted by Crippen LogP contribution is 2.45. The molecule has 4 aromatic rings. The minimum atomic E-state index is -1.06. The standard InChI is InChI=1S/C26H20O5/c1-15(27)20-14-23-22(13-21(20)16-7-8-16)24(26(28)29)25(31-23)17-9-11-19(12-10-17)30-18-5-3-2-4-6-18/h2-6,9-14,16H,7-8H2,1H3,(H,28,29). The summed E-state index contributed by atoms with van der Waals surface area (Å²) in [5.74, 6) is 0.845. The maximum Gasteiger partial charge on any atom is 0.340 e. The lowest BCUT2D eigenvalue weighted by atomic mass is 9.96. The predicted molar refractivity (Wildman–Crippen MR) is 117 cm³/mol. The number of hydrogen-bond donors (Lipinski definition) is 1. The van der Waals surface area contributed by atoms with E-state index >= 15 is 0 Å². The molecule has 154 valence electrons. The van der Waals surface area contributed by atoms with Gasteiger partial charge in [0.25, 0.3) is 0 Å². The summed E-state index contributed by atoms with van der Waals surface area (Å²) in [6.45, 7) is 1.53. The molecule has 1 aliphatic carbocycles. The molecule has 1 aromatic heterocycles. The second-order valence-electron chi connectivity index (χ2n) is 7.82. The molecule has 0 unspecified atom stereocenters. The van der Waals surface area contributed by atoms with E-state index in [1.165, 1.54) is 6.92 Å². The number of ketones is 1. The van der Waals surface area contributed by atoms with Crippen molar-refractivity contribution >= 4 is 22.7 Å². The number of carboxylic acids is 1. The largest absolute Gasteiger partial charge is 0.478 e. The smallest absolute Gasteiger partial charge is 0.340 e. The maximum absolute atomic E-state index is 12.2. The summed E-state index contributed by atoms with van der Waals surface area (Å²) in [5.41, 5.74) is 2.68. The molecule has 5 nitrogen and oxygen atoms in total. The molecule has 5 rings (SSSR count). The van der Waals surface area contributed by atoms with Gasteiger partial charge in [0.2, 0.25) is 0 Å². The van der Waals surface area contributed by atoms with Gasteiger partial charge in [-0.2, -0.15) is 0 Å². The highest BCUT2D eigenvalue weighted by molar-refractivity contribution is 6.10. The molecule has 0 radical (unpaired) electrons. The molecule has 1 N–H and O–H groups in total. The number of fused-ring (bicyclic) bond motifs is 1. The van der Waals surface area contributed by atoms with Crippen LogP contribution in [0.2, 0.25) is 0 Å². The van der Waals surface area contributed by atoms with Gasteiger partial charge in [-0.05, 0) is 79.8 Å². The Kier molecular flexibility index (Phi) is 4.59. The van der Waals surface area contributed by atoms with Gasteiger partial charge < -0.3 is 14.3 Å². The molecule has 3 aromatic carbocycles. The third kappa shape index (κ3) is 3.59. The molecule has 0 spiro atoms. The quantitative estimate of drug-likeness (QED) is 0.358. The van der Waals surface area contributed by atoms with Crippen LogP contribution in [0.15, 0.2) is 71.1 Å². The third-order valence-electron chi connectivity index (χ3n) is 5.57. The molecule has 0 saturated heterocycles. The number of benzene rings is 3. The van der Waals surface area contributed by atoms with Gasteiger partial charge >= 0.3 is 5.97 Å². The van der Waals surface area contributed by atoms with Crippen LogP contribution in [0, 0.1) is 0 Å². The SMILES string of the molecule is CC(=O)c1cc2oc(-c3ccc(Oc4ccccc4)cc3)c(C(=O)O)c2cc1C1CC1. The lowest BCUT2D eigenvalue weighted by Crippen LogP contribution is -2.00. The second-order valence-corrected chi connectivity index (χ2v) is 7.82. The molecule has 5 heteroatoms. The Morgan fingerprint density at radius 1 is 0.968 bits per heavy atom. The zero-order valence-electron chi connectivity index (χ0n) is 16.9. The Balaban J connectivity index is 1.58. The van der Waals surface area contributed by atoms with Gasteiger partial charge in [-0.3, -0.25) is 4.79 Å². The van der Waals surface area contributed by atoms with Crippen LogP contribution in [0.5, 0.6) is 11.5 Å². The van der Waals surface area contributed by atoms with Crippen LogP contribution < -0.4 is 4.74 Å². The van der Waals surface area contributed by atoms with Crippen molar-refractivity contribution in [3.8, 4) is 22.8 Å². The average molecular weight is 412 g/mol. The van der Waals surface area contributed by atoms with E-state index in [0.717, 1.165) is 24.2 Å². The molecule has 31 heavy (non-hydrogen) atoms. The normalized spacial score (nSPS) is 13.3. The van der Waals surface area contributed by atoms with Crippen LogP contribution in [0.4, 0.5) is 0 Å². The van der Waals surface area contributed by atoms with Crippen LogP contribution in [0.25, 0.3) is 22.3 Å². The fourth-order valence-electron chi connectivity index (χ4n) is 3.91. The van der Waals surface area contributed by atoms with Gasteiger partial charge in [-0.1, -0.05) is 18.2 Å². The fraction of sp³-hybridized carbons (Fsp3) is 0.154. The van der Waals surface area contributed by atoms with Crippen molar-refractivity contribution in [3.63, 3.8) is 0 Å². The first kappa shape index (κ1) is 19.1. The van der Waals surface area contributed by atoms with Gasteiger partial charge in [-0.15, -0.1) is 0 Å². The van der Waals surface area contributed by atoms with Crippen molar-refractivity contribution in [1.82, 2.24) is 0 Å². The number of ether oxygens (including phenoxy) is 1. The number of carbonyl (C=O) groups is 2. The first-order valence-electron chi connectivity index (χ1n) is 10.2. The number of carbonyl (C=O) groups excluding carboxylic acids is 1. The van der Waals surface area contributed by atoms with Crippen molar-refractivity contribution < 1.29 is 23.8 Å².